The number of rotatable bonds is 6. The van der Waals surface area contributed by atoms with Gasteiger partial charge in [-0.15, -0.1) is 0 Å². The standard InChI is InChI=1S/C23H23F2N3O2/c24-18-9-7-17(8-10-18)23(29)26-16-21(22-6-3-15-30-22)28-13-11-27(12-14-28)20-5-2-1-4-19(20)25/h1-10,15,21H,11-14,16H2,(H,26,29)/t21-/m1/s1. The minimum absolute atomic E-state index is 0.146. The molecule has 0 spiro atoms. The Morgan fingerprint density at radius 3 is 2.37 bits per heavy atom. The lowest BCUT2D eigenvalue weighted by Crippen LogP contribution is -2.50. The highest BCUT2D eigenvalue weighted by molar-refractivity contribution is 5.94. The molecule has 1 aliphatic rings. The first-order chi connectivity index (χ1) is 14.6. The zero-order chi connectivity index (χ0) is 20.9. The molecule has 5 nitrogen and oxygen atoms in total. The minimum atomic E-state index is -0.382. The summed E-state index contributed by atoms with van der Waals surface area (Å²) < 4.78 is 32.8. The van der Waals surface area contributed by atoms with Crippen LogP contribution >= 0.6 is 0 Å². The summed E-state index contributed by atoms with van der Waals surface area (Å²) in [7, 11) is 0. The van der Waals surface area contributed by atoms with Gasteiger partial charge in [0.1, 0.15) is 17.4 Å². The summed E-state index contributed by atoms with van der Waals surface area (Å²) in [4.78, 5) is 16.7. The number of halogens is 2. The van der Waals surface area contributed by atoms with Crippen LogP contribution in [0.2, 0.25) is 0 Å². The Morgan fingerprint density at radius 1 is 0.967 bits per heavy atom. The molecule has 3 aromatic rings. The van der Waals surface area contributed by atoms with Crippen molar-refractivity contribution in [1.82, 2.24) is 10.2 Å². The second kappa shape index (κ2) is 9.09. The lowest BCUT2D eigenvalue weighted by Gasteiger charge is -2.39. The van der Waals surface area contributed by atoms with Crippen LogP contribution in [0.25, 0.3) is 0 Å². The quantitative estimate of drug-likeness (QED) is 0.669. The number of carbonyl (C=O) groups is 1. The first kappa shape index (κ1) is 20.1. The van der Waals surface area contributed by atoms with Gasteiger partial charge in [0.05, 0.1) is 18.0 Å². The van der Waals surface area contributed by atoms with E-state index in [2.05, 4.69) is 10.2 Å². The predicted octanol–water partition coefficient (Wildman–Crippen LogP) is 3.85. The van der Waals surface area contributed by atoms with E-state index in [1.807, 2.05) is 23.1 Å². The number of anilines is 1. The van der Waals surface area contributed by atoms with E-state index >= 15 is 0 Å². The average molecular weight is 411 g/mol. The van der Waals surface area contributed by atoms with Gasteiger partial charge in [-0.25, -0.2) is 8.78 Å². The monoisotopic (exact) mass is 411 g/mol. The Morgan fingerprint density at radius 2 is 1.70 bits per heavy atom. The van der Waals surface area contributed by atoms with Crippen molar-refractivity contribution in [2.45, 2.75) is 6.04 Å². The number of nitrogens with one attached hydrogen (secondary N) is 1. The number of amides is 1. The minimum Gasteiger partial charge on any atom is -0.468 e. The maximum atomic E-state index is 14.1. The van der Waals surface area contributed by atoms with Gasteiger partial charge >= 0.3 is 0 Å². The summed E-state index contributed by atoms with van der Waals surface area (Å²) >= 11 is 0. The van der Waals surface area contributed by atoms with Crippen LogP contribution in [0, 0.1) is 11.6 Å². The van der Waals surface area contributed by atoms with E-state index < -0.39 is 0 Å². The molecular weight excluding hydrogens is 388 g/mol. The number of nitrogens with zero attached hydrogens (tertiary/aromatic N) is 2. The van der Waals surface area contributed by atoms with Crippen molar-refractivity contribution in [3.05, 3.63) is 89.9 Å². The van der Waals surface area contributed by atoms with Crippen molar-refractivity contribution in [2.24, 2.45) is 0 Å². The largest absolute Gasteiger partial charge is 0.468 e. The van der Waals surface area contributed by atoms with Gasteiger partial charge in [-0.2, -0.15) is 0 Å². The van der Waals surface area contributed by atoms with E-state index in [9.17, 15) is 13.6 Å². The Labute approximate surface area is 173 Å². The molecule has 1 N–H and O–H groups in total. The van der Waals surface area contributed by atoms with E-state index in [-0.39, 0.29) is 23.6 Å². The Hall–Kier alpha value is -3.19. The number of hydrogen-bond donors (Lipinski definition) is 1. The van der Waals surface area contributed by atoms with Crippen LogP contribution in [0.15, 0.2) is 71.3 Å². The number of furan rings is 1. The van der Waals surface area contributed by atoms with Crippen molar-refractivity contribution in [3.8, 4) is 0 Å². The lowest BCUT2D eigenvalue weighted by molar-refractivity contribution is 0.0922. The highest BCUT2D eigenvalue weighted by atomic mass is 19.1. The van der Waals surface area contributed by atoms with Gasteiger partial charge in [-0.1, -0.05) is 12.1 Å². The third-order valence-corrected chi connectivity index (χ3v) is 5.38. The fourth-order valence-electron chi connectivity index (χ4n) is 3.77. The van der Waals surface area contributed by atoms with E-state index in [0.717, 1.165) is 5.76 Å². The normalized spacial score (nSPS) is 15.7. The first-order valence-corrected chi connectivity index (χ1v) is 9.92. The van der Waals surface area contributed by atoms with Crippen molar-refractivity contribution in [3.63, 3.8) is 0 Å². The topological polar surface area (TPSA) is 48.7 Å². The van der Waals surface area contributed by atoms with E-state index in [1.165, 1.54) is 30.3 Å². The third-order valence-electron chi connectivity index (χ3n) is 5.38. The van der Waals surface area contributed by atoms with Gasteiger partial charge < -0.3 is 14.6 Å². The van der Waals surface area contributed by atoms with Gasteiger partial charge in [0.2, 0.25) is 0 Å². The number of carbonyl (C=O) groups excluding carboxylic acids is 1. The maximum absolute atomic E-state index is 14.1. The zero-order valence-corrected chi connectivity index (χ0v) is 16.4. The van der Waals surface area contributed by atoms with Gasteiger partial charge in [0, 0.05) is 38.3 Å². The third kappa shape index (κ3) is 4.52. The molecule has 156 valence electrons. The molecule has 1 fully saturated rings. The first-order valence-electron chi connectivity index (χ1n) is 9.92. The SMILES string of the molecule is O=C(NC[C@H](c1ccco1)N1CCN(c2ccccc2F)CC1)c1ccc(F)cc1. The van der Waals surface area contributed by atoms with Crippen molar-refractivity contribution in [2.75, 3.05) is 37.6 Å². The van der Waals surface area contributed by atoms with E-state index in [4.69, 9.17) is 4.42 Å². The number of piperazine rings is 1. The van der Waals surface area contributed by atoms with Crippen LogP contribution < -0.4 is 10.2 Å². The maximum Gasteiger partial charge on any atom is 0.251 e. The number of para-hydroxylation sites is 1. The molecule has 0 aliphatic carbocycles. The summed E-state index contributed by atoms with van der Waals surface area (Å²) in [6.45, 7) is 3.09. The van der Waals surface area contributed by atoms with E-state index in [1.54, 1.807) is 18.4 Å². The molecule has 2 aromatic carbocycles. The molecular formula is C23H23F2N3O2. The van der Waals surface area contributed by atoms with Crippen LogP contribution in [0.4, 0.5) is 14.5 Å². The second-order valence-electron chi connectivity index (χ2n) is 7.22. The summed E-state index contributed by atoms with van der Waals surface area (Å²) in [6, 6.07) is 15.8. The van der Waals surface area contributed by atoms with Crippen molar-refractivity contribution >= 4 is 11.6 Å². The molecule has 0 bridgehead atoms. The molecule has 1 amide bonds. The van der Waals surface area contributed by atoms with Gasteiger partial charge in [0.25, 0.3) is 5.91 Å². The van der Waals surface area contributed by atoms with Crippen molar-refractivity contribution in [1.29, 1.82) is 0 Å². The fraction of sp³-hybridized carbons (Fsp3) is 0.261. The summed E-state index contributed by atoms with van der Waals surface area (Å²) in [5, 5.41) is 2.92. The molecule has 30 heavy (non-hydrogen) atoms. The van der Waals surface area contributed by atoms with E-state index in [0.29, 0.717) is 44.0 Å². The highest BCUT2D eigenvalue weighted by Gasteiger charge is 2.28. The van der Waals surface area contributed by atoms with Gasteiger partial charge in [0.15, 0.2) is 0 Å². The smallest absolute Gasteiger partial charge is 0.251 e. The predicted molar refractivity (Wildman–Crippen MR) is 110 cm³/mol. The Balaban J connectivity index is 1.41. The zero-order valence-electron chi connectivity index (χ0n) is 16.4. The number of benzene rings is 2. The van der Waals surface area contributed by atoms with Crippen LogP contribution in [0.3, 0.4) is 0 Å². The molecule has 1 atom stereocenters. The Bertz CT molecular complexity index is 968. The molecule has 7 heteroatoms. The summed E-state index contributed by atoms with van der Waals surface area (Å²) in [6.07, 6.45) is 1.61. The molecule has 1 aliphatic heterocycles. The van der Waals surface area contributed by atoms with Crippen molar-refractivity contribution < 1.29 is 18.0 Å². The van der Waals surface area contributed by atoms with Crippen LogP contribution in [-0.2, 0) is 0 Å². The molecule has 0 radical (unpaired) electrons. The molecule has 0 unspecified atom stereocenters. The van der Waals surface area contributed by atoms with Gasteiger partial charge in [-0.3, -0.25) is 9.69 Å². The van der Waals surface area contributed by atoms with Gasteiger partial charge in [-0.05, 0) is 48.5 Å². The summed E-state index contributed by atoms with van der Waals surface area (Å²) in [5.74, 6) is -0.113. The van der Waals surface area contributed by atoms with Crippen LogP contribution in [0.5, 0.6) is 0 Å². The molecule has 4 rings (SSSR count). The Kier molecular flexibility index (Phi) is 6.09. The molecule has 1 aromatic heterocycles. The highest BCUT2D eigenvalue weighted by Crippen LogP contribution is 2.25. The molecule has 2 heterocycles. The molecule has 0 saturated carbocycles. The lowest BCUT2D eigenvalue weighted by atomic mass is 10.1. The fourth-order valence-corrected chi connectivity index (χ4v) is 3.77. The number of hydrogen-bond acceptors (Lipinski definition) is 4. The molecule has 1 saturated heterocycles. The van der Waals surface area contributed by atoms with Crippen LogP contribution in [0.1, 0.15) is 22.2 Å². The average Bonchev–Trinajstić information content (AvgIpc) is 3.30. The van der Waals surface area contributed by atoms with Crippen LogP contribution in [-0.4, -0.2) is 43.5 Å². The second-order valence-corrected chi connectivity index (χ2v) is 7.22. The summed E-state index contributed by atoms with van der Waals surface area (Å²) in [5.41, 5.74) is 1.01.